The second-order valence-corrected chi connectivity index (χ2v) is 4.08. The van der Waals surface area contributed by atoms with E-state index in [4.69, 9.17) is 5.11 Å². The van der Waals surface area contributed by atoms with Gasteiger partial charge in [-0.1, -0.05) is 18.2 Å². The van der Waals surface area contributed by atoms with E-state index >= 15 is 0 Å². The molecule has 2 aromatic heterocycles. The van der Waals surface area contributed by atoms with Gasteiger partial charge < -0.3 is 5.11 Å². The van der Waals surface area contributed by atoms with Gasteiger partial charge in [0.25, 0.3) is 0 Å². The van der Waals surface area contributed by atoms with Crippen molar-refractivity contribution in [1.82, 2.24) is 9.97 Å². The minimum absolute atomic E-state index is 0.00262. The van der Waals surface area contributed by atoms with E-state index in [0.717, 1.165) is 27.4 Å². The lowest BCUT2D eigenvalue weighted by Crippen LogP contribution is -2.01. The summed E-state index contributed by atoms with van der Waals surface area (Å²) in [6.07, 6.45) is 3.35. The molecule has 3 rings (SSSR count). The maximum absolute atomic E-state index is 10.8. The van der Waals surface area contributed by atoms with Gasteiger partial charge in [0.05, 0.1) is 17.5 Å². The van der Waals surface area contributed by atoms with E-state index in [0.29, 0.717) is 0 Å². The Hall–Kier alpha value is -2.49. The number of carboxylic acid groups (broad SMARTS) is 1. The first-order chi connectivity index (χ1) is 8.75. The van der Waals surface area contributed by atoms with Crippen LogP contribution in [0.5, 0.6) is 0 Å². The summed E-state index contributed by atoms with van der Waals surface area (Å²) < 4.78 is 0. The van der Waals surface area contributed by atoms with Crippen LogP contribution < -0.4 is 0 Å². The van der Waals surface area contributed by atoms with Gasteiger partial charge in [0.1, 0.15) is 0 Å². The number of rotatable bonds is 2. The second-order valence-electron chi connectivity index (χ2n) is 4.08. The minimum Gasteiger partial charge on any atom is -0.481 e. The largest absolute Gasteiger partial charge is 0.481 e. The Balaban J connectivity index is 2.36. The van der Waals surface area contributed by atoms with Crippen molar-refractivity contribution in [1.29, 1.82) is 0 Å². The van der Waals surface area contributed by atoms with Crippen molar-refractivity contribution in [3.05, 3.63) is 48.3 Å². The topological polar surface area (TPSA) is 63.1 Å². The molecule has 0 bridgehead atoms. The van der Waals surface area contributed by atoms with Crippen LogP contribution in [0.2, 0.25) is 0 Å². The number of carbonyl (C=O) groups is 1. The van der Waals surface area contributed by atoms with Crippen molar-refractivity contribution in [3.8, 4) is 0 Å². The average molecular weight is 238 g/mol. The van der Waals surface area contributed by atoms with Gasteiger partial charge in [-0.2, -0.15) is 0 Å². The van der Waals surface area contributed by atoms with Gasteiger partial charge in [-0.05, 0) is 17.7 Å². The molecule has 0 unspecified atom stereocenters. The number of nitrogens with zero attached hydrogens (tertiary/aromatic N) is 2. The van der Waals surface area contributed by atoms with Crippen LogP contribution in [0.1, 0.15) is 5.56 Å². The summed E-state index contributed by atoms with van der Waals surface area (Å²) in [5.74, 6) is -0.844. The fourth-order valence-electron chi connectivity index (χ4n) is 2.13. The average Bonchev–Trinajstić information content (AvgIpc) is 2.38. The molecule has 0 atom stereocenters. The molecule has 2 heterocycles. The Morgan fingerprint density at radius 1 is 1.06 bits per heavy atom. The van der Waals surface area contributed by atoms with Gasteiger partial charge >= 0.3 is 5.97 Å². The minimum atomic E-state index is -0.844. The number of aliphatic carboxylic acids is 1. The zero-order valence-electron chi connectivity index (χ0n) is 9.50. The fourth-order valence-corrected chi connectivity index (χ4v) is 2.13. The van der Waals surface area contributed by atoms with Crippen LogP contribution in [-0.2, 0) is 11.2 Å². The molecule has 0 aliphatic heterocycles. The normalized spacial score (nSPS) is 10.9. The van der Waals surface area contributed by atoms with Crippen LogP contribution >= 0.6 is 0 Å². The number of benzene rings is 1. The van der Waals surface area contributed by atoms with Gasteiger partial charge in [0.15, 0.2) is 0 Å². The van der Waals surface area contributed by atoms with E-state index < -0.39 is 5.97 Å². The number of hydrogen-bond donors (Lipinski definition) is 1. The molecule has 0 aliphatic rings. The highest BCUT2D eigenvalue weighted by atomic mass is 16.4. The van der Waals surface area contributed by atoms with Crippen LogP contribution in [0.3, 0.4) is 0 Å². The van der Waals surface area contributed by atoms with Crippen LogP contribution in [0.25, 0.3) is 21.8 Å². The molecular weight excluding hydrogens is 228 g/mol. The third-order valence-corrected chi connectivity index (χ3v) is 2.91. The monoisotopic (exact) mass is 238 g/mol. The van der Waals surface area contributed by atoms with Gasteiger partial charge in [0, 0.05) is 23.2 Å². The lowest BCUT2D eigenvalue weighted by Gasteiger charge is -2.05. The highest BCUT2D eigenvalue weighted by molar-refractivity contribution is 6.04. The summed E-state index contributed by atoms with van der Waals surface area (Å²) in [6.45, 7) is 0. The predicted molar refractivity (Wildman–Crippen MR) is 68.4 cm³/mol. The first-order valence-electron chi connectivity index (χ1n) is 5.59. The van der Waals surface area contributed by atoms with E-state index in [1.54, 1.807) is 18.5 Å². The quantitative estimate of drug-likeness (QED) is 0.696. The summed E-state index contributed by atoms with van der Waals surface area (Å²) >= 11 is 0. The number of aromatic nitrogens is 2. The lowest BCUT2D eigenvalue weighted by molar-refractivity contribution is -0.136. The standard InChI is InChI=1S/C14H10N2O2/c17-12(18)8-10-5-7-16-14-11(10)4-3-9-2-1-6-15-13(9)14/h1-7H,8H2,(H,17,18). The second kappa shape index (κ2) is 4.07. The first kappa shape index (κ1) is 10.7. The van der Waals surface area contributed by atoms with Crippen LogP contribution in [0.4, 0.5) is 0 Å². The lowest BCUT2D eigenvalue weighted by atomic mass is 10.0. The molecule has 0 aliphatic carbocycles. The molecule has 4 heteroatoms. The molecule has 3 aromatic rings. The number of fused-ring (bicyclic) bond motifs is 3. The third kappa shape index (κ3) is 1.68. The van der Waals surface area contributed by atoms with Gasteiger partial charge in [-0.3, -0.25) is 14.8 Å². The van der Waals surface area contributed by atoms with Crippen LogP contribution in [0.15, 0.2) is 42.7 Å². The summed E-state index contributed by atoms with van der Waals surface area (Å²) in [5.41, 5.74) is 2.33. The Morgan fingerprint density at radius 3 is 2.72 bits per heavy atom. The zero-order chi connectivity index (χ0) is 12.5. The molecule has 0 saturated heterocycles. The van der Waals surface area contributed by atoms with Crippen molar-refractivity contribution < 1.29 is 9.90 Å². The molecule has 0 amide bonds. The molecule has 0 fully saturated rings. The predicted octanol–water partition coefficient (Wildman–Crippen LogP) is 2.41. The molecule has 0 saturated carbocycles. The van der Waals surface area contributed by atoms with Crippen molar-refractivity contribution in [2.45, 2.75) is 6.42 Å². The molecule has 0 radical (unpaired) electrons. The highest BCUT2D eigenvalue weighted by Crippen LogP contribution is 2.24. The Bertz CT molecular complexity index is 753. The van der Waals surface area contributed by atoms with E-state index in [1.807, 2.05) is 24.3 Å². The molecule has 88 valence electrons. The molecule has 1 aromatic carbocycles. The van der Waals surface area contributed by atoms with Gasteiger partial charge in [-0.25, -0.2) is 0 Å². The molecule has 4 nitrogen and oxygen atoms in total. The van der Waals surface area contributed by atoms with Crippen molar-refractivity contribution in [2.24, 2.45) is 0 Å². The fraction of sp³-hybridized carbons (Fsp3) is 0.0714. The van der Waals surface area contributed by atoms with E-state index in [1.165, 1.54) is 0 Å². The van der Waals surface area contributed by atoms with E-state index in [-0.39, 0.29) is 6.42 Å². The van der Waals surface area contributed by atoms with E-state index in [9.17, 15) is 4.79 Å². The van der Waals surface area contributed by atoms with Gasteiger partial charge in [0.2, 0.25) is 0 Å². The first-order valence-corrected chi connectivity index (χ1v) is 5.59. The third-order valence-electron chi connectivity index (χ3n) is 2.91. The maximum Gasteiger partial charge on any atom is 0.307 e. The van der Waals surface area contributed by atoms with Crippen molar-refractivity contribution in [2.75, 3.05) is 0 Å². The van der Waals surface area contributed by atoms with Crippen LogP contribution in [0, 0.1) is 0 Å². The molecular formula is C14H10N2O2. The SMILES string of the molecule is O=C(O)Cc1ccnc2c1ccc1cccnc12. The smallest absolute Gasteiger partial charge is 0.307 e. The molecule has 18 heavy (non-hydrogen) atoms. The number of pyridine rings is 2. The highest BCUT2D eigenvalue weighted by Gasteiger charge is 2.08. The Kier molecular flexibility index (Phi) is 2.41. The summed E-state index contributed by atoms with van der Waals surface area (Å²) in [6, 6.07) is 9.43. The van der Waals surface area contributed by atoms with Crippen molar-refractivity contribution >= 4 is 27.8 Å². The molecule has 1 N–H and O–H groups in total. The maximum atomic E-state index is 10.8. The van der Waals surface area contributed by atoms with Gasteiger partial charge in [-0.15, -0.1) is 0 Å². The summed E-state index contributed by atoms with van der Waals surface area (Å²) in [5, 5.41) is 10.8. The number of carboxylic acids is 1. The summed E-state index contributed by atoms with van der Waals surface area (Å²) in [4.78, 5) is 19.5. The Labute approximate surface area is 103 Å². The van der Waals surface area contributed by atoms with Crippen LogP contribution in [-0.4, -0.2) is 21.0 Å². The Morgan fingerprint density at radius 2 is 1.89 bits per heavy atom. The molecule has 0 spiro atoms. The number of hydrogen-bond acceptors (Lipinski definition) is 3. The van der Waals surface area contributed by atoms with E-state index in [2.05, 4.69) is 9.97 Å². The van der Waals surface area contributed by atoms with Crippen molar-refractivity contribution in [3.63, 3.8) is 0 Å². The summed E-state index contributed by atoms with van der Waals surface area (Å²) in [7, 11) is 0. The zero-order valence-corrected chi connectivity index (χ0v) is 9.50.